The van der Waals surface area contributed by atoms with Crippen molar-refractivity contribution < 1.29 is 14.1 Å². The van der Waals surface area contributed by atoms with Crippen LogP contribution in [0.5, 0.6) is 5.75 Å². The van der Waals surface area contributed by atoms with Gasteiger partial charge >= 0.3 is 0 Å². The van der Waals surface area contributed by atoms with Crippen molar-refractivity contribution in [3.05, 3.63) is 54.1 Å². The maximum atomic E-state index is 10.7. The van der Waals surface area contributed by atoms with Crippen LogP contribution in [-0.2, 0) is 4.79 Å². The third-order valence-corrected chi connectivity index (χ3v) is 3.16. The summed E-state index contributed by atoms with van der Waals surface area (Å²) in [5.41, 5.74) is 6.95. The number of benzene rings is 2. The van der Waals surface area contributed by atoms with Crippen molar-refractivity contribution in [2.75, 3.05) is 6.61 Å². The van der Waals surface area contributed by atoms with Crippen molar-refractivity contribution >= 4 is 5.91 Å². The van der Waals surface area contributed by atoms with E-state index < -0.39 is 5.91 Å². The van der Waals surface area contributed by atoms with Gasteiger partial charge in [-0.1, -0.05) is 11.2 Å². The molecule has 0 spiro atoms. The molecular formula is C17H12N4O3. The number of carbonyl (C=O) groups excluding carboxylic acids is 1. The van der Waals surface area contributed by atoms with Crippen LogP contribution in [0.15, 0.2) is 53.1 Å². The lowest BCUT2D eigenvalue weighted by molar-refractivity contribution is -0.119. The van der Waals surface area contributed by atoms with Crippen molar-refractivity contribution in [1.82, 2.24) is 10.1 Å². The van der Waals surface area contributed by atoms with Crippen molar-refractivity contribution in [2.24, 2.45) is 5.73 Å². The van der Waals surface area contributed by atoms with Crippen LogP contribution in [0.2, 0.25) is 0 Å². The van der Waals surface area contributed by atoms with Gasteiger partial charge in [0.15, 0.2) is 6.61 Å². The Hall–Kier alpha value is -3.66. The number of hydrogen-bond donors (Lipinski definition) is 1. The van der Waals surface area contributed by atoms with Crippen molar-refractivity contribution in [1.29, 1.82) is 5.26 Å². The first-order valence-electron chi connectivity index (χ1n) is 7.01. The van der Waals surface area contributed by atoms with Gasteiger partial charge in [0.25, 0.3) is 11.8 Å². The highest BCUT2D eigenvalue weighted by molar-refractivity contribution is 5.75. The molecule has 0 bridgehead atoms. The Morgan fingerprint density at radius 1 is 1.21 bits per heavy atom. The van der Waals surface area contributed by atoms with E-state index in [1.165, 1.54) is 0 Å². The molecular weight excluding hydrogens is 308 g/mol. The SMILES string of the molecule is N#Cc1cccc(-c2nc(-c3ccc(OCC(N)=O)cc3)no2)c1. The lowest BCUT2D eigenvalue weighted by Gasteiger charge is -2.03. The van der Waals surface area contributed by atoms with Crippen LogP contribution < -0.4 is 10.5 Å². The van der Waals surface area contributed by atoms with Crippen molar-refractivity contribution in [3.8, 4) is 34.7 Å². The molecule has 0 saturated carbocycles. The Labute approximate surface area is 137 Å². The van der Waals surface area contributed by atoms with E-state index >= 15 is 0 Å². The number of nitriles is 1. The molecule has 3 rings (SSSR count). The third-order valence-electron chi connectivity index (χ3n) is 3.16. The van der Waals surface area contributed by atoms with Gasteiger partial charge in [0.2, 0.25) is 5.82 Å². The first kappa shape index (κ1) is 15.2. The second-order valence-electron chi connectivity index (χ2n) is 4.90. The summed E-state index contributed by atoms with van der Waals surface area (Å²) >= 11 is 0. The fourth-order valence-electron chi connectivity index (χ4n) is 2.03. The largest absolute Gasteiger partial charge is 0.484 e. The van der Waals surface area contributed by atoms with Gasteiger partial charge in [-0.3, -0.25) is 4.79 Å². The molecule has 118 valence electrons. The highest BCUT2D eigenvalue weighted by atomic mass is 16.5. The average molecular weight is 320 g/mol. The highest BCUT2D eigenvalue weighted by Crippen LogP contribution is 2.24. The Morgan fingerprint density at radius 3 is 2.71 bits per heavy atom. The van der Waals surface area contributed by atoms with E-state index in [4.69, 9.17) is 20.3 Å². The fraction of sp³-hybridized carbons (Fsp3) is 0.0588. The number of ether oxygens (including phenoxy) is 1. The fourth-order valence-corrected chi connectivity index (χ4v) is 2.03. The Bertz CT molecular complexity index is 910. The molecule has 2 N–H and O–H groups in total. The Balaban J connectivity index is 1.80. The van der Waals surface area contributed by atoms with E-state index in [0.29, 0.717) is 28.6 Å². The normalized spacial score (nSPS) is 10.1. The maximum absolute atomic E-state index is 10.7. The molecule has 1 heterocycles. The van der Waals surface area contributed by atoms with Crippen LogP contribution in [-0.4, -0.2) is 22.7 Å². The summed E-state index contributed by atoms with van der Waals surface area (Å²) in [6, 6.07) is 15.9. The Kier molecular flexibility index (Phi) is 4.21. The predicted molar refractivity (Wildman–Crippen MR) is 84.6 cm³/mol. The molecule has 7 nitrogen and oxygen atoms in total. The molecule has 0 radical (unpaired) electrons. The van der Waals surface area contributed by atoms with Gasteiger partial charge in [0, 0.05) is 11.1 Å². The number of rotatable bonds is 5. The molecule has 0 saturated heterocycles. The summed E-state index contributed by atoms with van der Waals surface area (Å²) in [5.74, 6) is 0.717. The molecule has 0 unspecified atom stereocenters. The molecule has 3 aromatic rings. The number of nitrogens with two attached hydrogens (primary N) is 1. The van der Waals surface area contributed by atoms with Gasteiger partial charge in [-0.2, -0.15) is 10.2 Å². The summed E-state index contributed by atoms with van der Waals surface area (Å²) in [5, 5.41) is 12.9. The zero-order valence-corrected chi connectivity index (χ0v) is 12.5. The molecule has 0 atom stereocenters. The smallest absolute Gasteiger partial charge is 0.258 e. The minimum Gasteiger partial charge on any atom is -0.484 e. The van der Waals surface area contributed by atoms with Crippen LogP contribution in [0, 0.1) is 11.3 Å². The minimum atomic E-state index is -0.540. The number of nitrogens with zero attached hydrogens (tertiary/aromatic N) is 3. The van der Waals surface area contributed by atoms with E-state index in [9.17, 15) is 4.79 Å². The van der Waals surface area contributed by atoms with Gasteiger partial charge in [-0.05, 0) is 42.5 Å². The maximum Gasteiger partial charge on any atom is 0.258 e. The molecule has 1 aromatic heterocycles. The first-order chi connectivity index (χ1) is 11.7. The number of hydrogen-bond acceptors (Lipinski definition) is 6. The van der Waals surface area contributed by atoms with E-state index in [2.05, 4.69) is 16.2 Å². The van der Waals surface area contributed by atoms with E-state index in [0.717, 1.165) is 5.56 Å². The summed E-state index contributed by atoms with van der Waals surface area (Å²) in [6.45, 7) is -0.180. The first-order valence-corrected chi connectivity index (χ1v) is 7.01. The topological polar surface area (TPSA) is 115 Å². The van der Waals surface area contributed by atoms with Gasteiger partial charge in [0.1, 0.15) is 5.75 Å². The lowest BCUT2D eigenvalue weighted by Crippen LogP contribution is -2.19. The van der Waals surface area contributed by atoms with Gasteiger partial charge in [-0.15, -0.1) is 0 Å². The second-order valence-corrected chi connectivity index (χ2v) is 4.90. The monoisotopic (exact) mass is 320 g/mol. The minimum absolute atomic E-state index is 0.180. The number of amides is 1. The van der Waals surface area contributed by atoms with Crippen LogP contribution in [0.1, 0.15) is 5.56 Å². The zero-order valence-electron chi connectivity index (χ0n) is 12.5. The molecule has 7 heteroatoms. The number of primary amides is 1. The molecule has 0 fully saturated rings. The third kappa shape index (κ3) is 3.39. The average Bonchev–Trinajstić information content (AvgIpc) is 3.10. The van der Waals surface area contributed by atoms with Crippen molar-refractivity contribution in [3.63, 3.8) is 0 Å². The quantitative estimate of drug-likeness (QED) is 0.770. The van der Waals surface area contributed by atoms with Gasteiger partial charge in [-0.25, -0.2) is 0 Å². The van der Waals surface area contributed by atoms with Gasteiger partial charge < -0.3 is 15.0 Å². The van der Waals surface area contributed by atoms with E-state index in [-0.39, 0.29) is 6.61 Å². The molecule has 1 amide bonds. The molecule has 0 aliphatic rings. The summed E-state index contributed by atoms with van der Waals surface area (Å²) in [6.07, 6.45) is 0. The van der Waals surface area contributed by atoms with E-state index in [1.807, 2.05) is 0 Å². The molecule has 0 aliphatic carbocycles. The standard InChI is InChI=1S/C17H12N4O3/c18-9-11-2-1-3-13(8-11)17-20-16(21-24-17)12-4-6-14(7-5-12)23-10-15(19)22/h1-8H,10H2,(H2,19,22). The van der Waals surface area contributed by atoms with Crippen LogP contribution >= 0.6 is 0 Å². The molecule has 24 heavy (non-hydrogen) atoms. The highest BCUT2D eigenvalue weighted by Gasteiger charge is 2.11. The summed E-state index contributed by atoms with van der Waals surface area (Å²) < 4.78 is 10.4. The number of aromatic nitrogens is 2. The predicted octanol–water partition coefficient (Wildman–Crippen LogP) is 2.14. The van der Waals surface area contributed by atoms with Crippen molar-refractivity contribution in [2.45, 2.75) is 0 Å². The Morgan fingerprint density at radius 2 is 2.00 bits per heavy atom. The van der Waals surface area contributed by atoms with Crippen LogP contribution in [0.4, 0.5) is 0 Å². The van der Waals surface area contributed by atoms with E-state index in [1.54, 1.807) is 48.5 Å². The molecule has 0 aliphatic heterocycles. The lowest BCUT2D eigenvalue weighted by atomic mass is 10.1. The summed E-state index contributed by atoms with van der Waals surface area (Å²) in [4.78, 5) is 15.0. The number of carbonyl (C=O) groups is 1. The second kappa shape index (κ2) is 6.62. The van der Waals surface area contributed by atoms with Gasteiger partial charge in [0.05, 0.1) is 11.6 Å². The zero-order chi connectivity index (χ0) is 16.9. The molecule has 2 aromatic carbocycles. The summed E-state index contributed by atoms with van der Waals surface area (Å²) in [7, 11) is 0. The van der Waals surface area contributed by atoms with Crippen LogP contribution in [0.3, 0.4) is 0 Å². The van der Waals surface area contributed by atoms with Crippen LogP contribution in [0.25, 0.3) is 22.8 Å².